The Morgan fingerprint density at radius 3 is 2.74 bits per heavy atom. The van der Waals surface area contributed by atoms with Gasteiger partial charge in [-0.15, -0.1) is 13.1 Å². The molecule has 0 heterocycles. The van der Waals surface area contributed by atoms with Gasteiger partial charge in [0.1, 0.15) is 0 Å². The fourth-order valence-electron chi connectivity index (χ4n) is 1.84. The first-order chi connectivity index (χ1) is 9.19. The van der Waals surface area contributed by atoms with Crippen LogP contribution in [-0.4, -0.2) is 26.8 Å². The van der Waals surface area contributed by atoms with Gasteiger partial charge in [-0.2, -0.15) is 8.78 Å². The van der Waals surface area contributed by atoms with E-state index in [9.17, 15) is 8.78 Å². The van der Waals surface area contributed by atoms with Crippen molar-refractivity contribution in [3.05, 3.63) is 29.1 Å². The van der Waals surface area contributed by atoms with E-state index in [1.54, 1.807) is 12.1 Å². The molecule has 0 radical (unpaired) electrons. The highest BCUT2D eigenvalue weighted by molar-refractivity contribution is 5.43. The number of alkyl halides is 2. The van der Waals surface area contributed by atoms with E-state index in [1.165, 1.54) is 26.0 Å². The molecule has 1 fully saturated rings. The molecule has 0 aliphatic heterocycles. The predicted molar refractivity (Wildman–Crippen MR) is 69.1 cm³/mol. The van der Waals surface area contributed by atoms with Crippen LogP contribution < -0.4 is 9.47 Å². The Morgan fingerprint density at radius 1 is 1.32 bits per heavy atom. The molecule has 2 rings (SSSR count). The monoisotopic (exact) mass is 270 g/mol. The second kappa shape index (κ2) is 6.70. The Labute approximate surface area is 111 Å². The van der Waals surface area contributed by atoms with Crippen molar-refractivity contribution < 1.29 is 18.3 Å². The Morgan fingerprint density at radius 2 is 2.11 bits per heavy atom. The first-order valence-corrected chi connectivity index (χ1v) is 6.44. The Hall–Kier alpha value is -1.36. The smallest absolute Gasteiger partial charge is 0.387 e. The van der Waals surface area contributed by atoms with Gasteiger partial charge in [0.2, 0.25) is 0 Å². The van der Waals surface area contributed by atoms with Crippen molar-refractivity contribution in [2.24, 2.45) is 5.92 Å². The van der Waals surface area contributed by atoms with Crippen molar-refractivity contribution >= 4 is 0 Å². The zero-order chi connectivity index (χ0) is 13.7. The van der Waals surface area contributed by atoms with Gasteiger partial charge in [0.15, 0.2) is 11.5 Å². The topological polar surface area (TPSA) is 32.6 Å². The lowest BCUT2D eigenvalue weighted by molar-refractivity contribution is -0.0512. The maximum Gasteiger partial charge on any atom is 0.387 e. The minimum Gasteiger partial charge on any atom is -0.662 e. The summed E-state index contributed by atoms with van der Waals surface area (Å²) in [5, 5.41) is 4.46. The number of hydrogen-bond acceptors (Lipinski definition) is 2. The van der Waals surface area contributed by atoms with Gasteiger partial charge in [-0.1, -0.05) is 24.8 Å². The van der Waals surface area contributed by atoms with Crippen LogP contribution >= 0.6 is 0 Å². The molecule has 1 aromatic rings. The lowest BCUT2D eigenvalue weighted by Crippen LogP contribution is -2.04. The molecule has 0 saturated heterocycles. The maximum atomic E-state index is 12.2. The second-order valence-electron chi connectivity index (χ2n) is 4.69. The van der Waals surface area contributed by atoms with Gasteiger partial charge < -0.3 is 14.8 Å². The van der Waals surface area contributed by atoms with Crippen molar-refractivity contribution in [3.8, 4) is 11.5 Å². The summed E-state index contributed by atoms with van der Waals surface area (Å²) in [6.45, 7) is -1.13. The molecule has 0 amide bonds. The summed E-state index contributed by atoms with van der Waals surface area (Å²) < 4.78 is 33.8. The fourth-order valence-corrected chi connectivity index (χ4v) is 1.84. The van der Waals surface area contributed by atoms with Crippen LogP contribution in [0.25, 0.3) is 5.32 Å². The highest BCUT2D eigenvalue weighted by atomic mass is 19.3. The first kappa shape index (κ1) is 14.1. The van der Waals surface area contributed by atoms with Gasteiger partial charge in [0.05, 0.1) is 7.11 Å². The molecule has 106 valence electrons. The Balaban J connectivity index is 1.85. The lowest BCUT2D eigenvalue weighted by Gasteiger charge is -2.18. The molecule has 0 bridgehead atoms. The highest BCUT2D eigenvalue weighted by Gasteiger charge is 2.15. The summed E-state index contributed by atoms with van der Waals surface area (Å²) >= 11 is 0. The molecule has 5 heteroatoms. The molecule has 1 saturated carbocycles. The highest BCUT2D eigenvalue weighted by Crippen LogP contribution is 2.31. The molecule has 1 aromatic carbocycles. The van der Waals surface area contributed by atoms with Crippen LogP contribution in [0.15, 0.2) is 18.2 Å². The second-order valence-corrected chi connectivity index (χ2v) is 4.69. The molecule has 0 spiro atoms. The number of ether oxygens (including phenoxy) is 2. The van der Waals surface area contributed by atoms with Crippen LogP contribution in [0.3, 0.4) is 0 Å². The van der Waals surface area contributed by atoms with E-state index in [4.69, 9.17) is 4.74 Å². The number of hydrogen-bond donors (Lipinski definition) is 0. The Bertz CT molecular complexity index is 408. The predicted octanol–water partition coefficient (Wildman–Crippen LogP) is 3.62. The van der Waals surface area contributed by atoms with E-state index in [1.807, 2.05) is 0 Å². The zero-order valence-corrected chi connectivity index (χ0v) is 10.9. The molecule has 0 N–H and O–H groups in total. The third kappa shape index (κ3) is 4.67. The molecule has 19 heavy (non-hydrogen) atoms. The van der Waals surface area contributed by atoms with Gasteiger partial charge in [0, 0.05) is 0 Å². The summed E-state index contributed by atoms with van der Waals surface area (Å²) in [7, 11) is 1.44. The number of halogens is 2. The largest absolute Gasteiger partial charge is 0.662 e. The van der Waals surface area contributed by atoms with Crippen LogP contribution in [0.2, 0.25) is 0 Å². The minimum atomic E-state index is -2.84. The lowest BCUT2D eigenvalue weighted by atomic mass is 10.1. The number of nitrogens with zero attached hydrogens (tertiary/aromatic N) is 1. The van der Waals surface area contributed by atoms with Crippen LogP contribution in [-0.2, 0) is 6.42 Å². The summed E-state index contributed by atoms with van der Waals surface area (Å²) in [6, 6.07) is 5.01. The fraction of sp³-hybridized carbons (Fsp3) is 0.571. The number of methoxy groups -OCH3 is 1. The summed E-state index contributed by atoms with van der Waals surface area (Å²) in [5.41, 5.74) is 1.01. The normalized spacial score (nSPS) is 14.7. The zero-order valence-electron chi connectivity index (χ0n) is 10.9. The molecule has 0 unspecified atom stereocenters. The van der Waals surface area contributed by atoms with Gasteiger partial charge in [-0.05, 0) is 24.1 Å². The SMILES string of the molecule is COc1cc(CC[N-]CC2CC2)ccc1OC(F)F. The average Bonchev–Trinajstić information content (AvgIpc) is 3.19. The first-order valence-electron chi connectivity index (χ1n) is 6.44. The minimum absolute atomic E-state index is 0.0659. The van der Waals surface area contributed by atoms with E-state index in [0.717, 1.165) is 31.0 Å². The van der Waals surface area contributed by atoms with Crippen LogP contribution in [0.1, 0.15) is 18.4 Å². The van der Waals surface area contributed by atoms with Crippen molar-refractivity contribution in [3.63, 3.8) is 0 Å². The van der Waals surface area contributed by atoms with Crippen molar-refractivity contribution in [2.45, 2.75) is 25.9 Å². The Kier molecular flexibility index (Phi) is 4.96. The van der Waals surface area contributed by atoms with Crippen LogP contribution in [0.5, 0.6) is 11.5 Å². The third-order valence-electron chi connectivity index (χ3n) is 3.09. The summed E-state index contributed by atoms with van der Waals surface area (Å²) in [4.78, 5) is 0. The third-order valence-corrected chi connectivity index (χ3v) is 3.09. The number of rotatable bonds is 8. The van der Waals surface area contributed by atoms with E-state index in [-0.39, 0.29) is 5.75 Å². The van der Waals surface area contributed by atoms with Gasteiger partial charge in [-0.25, -0.2) is 0 Å². The van der Waals surface area contributed by atoms with E-state index >= 15 is 0 Å². The molecule has 0 atom stereocenters. The molecule has 0 aromatic heterocycles. The van der Waals surface area contributed by atoms with E-state index in [2.05, 4.69) is 10.1 Å². The molecule has 1 aliphatic carbocycles. The van der Waals surface area contributed by atoms with Crippen LogP contribution in [0, 0.1) is 5.92 Å². The number of benzene rings is 1. The standard InChI is InChI=1S/C14H18F2NO2/c1-18-13-8-10(4-5-12(13)19-14(15)16)6-7-17-9-11-2-3-11/h4-5,8,11,14H,2-3,6-7,9H2,1H3/q-1. The van der Waals surface area contributed by atoms with Crippen molar-refractivity contribution in [1.82, 2.24) is 0 Å². The molecular weight excluding hydrogens is 252 g/mol. The van der Waals surface area contributed by atoms with Gasteiger partial charge in [0.25, 0.3) is 0 Å². The summed E-state index contributed by atoms with van der Waals surface area (Å²) in [5.74, 6) is 1.20. The summed E-state index contributed by atoms with van der Waals surface area (Å²) in [6.07, 6.45) is 3.39. The molecule has 3 nitrogen and oxygen atoms in total. The van der Waals surface area contributed by atoms with Gasteiger partial charge >= 0.3 is 6.61 Å². The molecular formula is C14H18F2NO2-. The van der Waals surface area contributed by atoms with E-state index in [0.29, 0.717) is 5.75 Å². The van der Waals surface area contributed by atoms with Crippen molar-refractivity contribution in [1.29, 1.82) is 0 Å². The quantitative estimate of drug-likeness (QED) is 0.676. The molecule has 1 aliphatic rings. The maximum absolute atomic E-state index is 12.2. The van der Waals surface area contributed by atoms with Crippen molar-refractivity contribution in [2.75, 3.05) is 20.2 Å². The van der Waals surface area contributed by atoms with Crippen LogP contribution in [0.4, 0.5) is 8.78 Å². The van der Waals surface area contributed by atoms with Gasteiger partial charge in [-0.3, -0.25) is 0 Å². The average molecular weight is 270 g/mol. The van der Waals surface area contributed by atoms with E-state index < -0.39 is 6.61 Å².